The van der Waals surface area contributed by atoms with E-state index in [-0.39, 0.29) is 39.1 Å². The second-order valence-corrected chi connectivity index (χ2v) is 10.8. The summed E-state index contributed by atoms with van der Waals surface area (Å²) in [6.07, 6.45) is 0. The molecule has 1 nitrogen and oxygen atoms in total. The molecular formula is C44H28O. The summed E-state index contributed by atoms with van der Waals surface area (Å²) in [5.41, 5.74) is 3.57. The Morgan fingerprint density at radius 2 is 0.978 bits per heavy atom. The molecular weight excluding hydrogens is 544 g/mol. The molecule has 45 heavy (non-hydrogen) atoms. The fraction of sp³-hybridized carbons (Fsp3) is 0. The van der Waals surface area contributed by atoms with Gasteiger partial charge in [-0.2, -0.15) is 0 Å². The van der Waals surface area contributed by atoms with E-state index in [0.717, 1.165) is 43.8 Å². The highest BCUT2D eigenvalue weighted by Gasteiger charge is 2.20. The summed E-state index contributed by atoms with van der Waals surface area (Å²) in [6, 6.07) is 27.8. The number of rotatable bonds is 4. The molecule has 0 unspecified atom stereocenters. The summed E-state index contributed by atoms with van der Waals surface area (Å²) in [5, 5.41) is 3.15. The molecule has 0 radical (unpaired) electrons. The van der Waals surface area contributed by atoms with Gasteiger partial charge in [0.25, 0.3) is 0 Å². The van der Waals surface area contributed by atoms with Gasteiger partial charge >= 0.3 is 0 Å². The van der Waals surface area contributed by atoms with E-state index in [2.05, 4.69) is 36.4 Å². The topological polar surface area (TPSA) is 13.1 Å². The van der Waals surface area contributed by atoms with Crippen LogP contribution in [0.15, 0.2) is 174 Å². The summed E-state index contributed by atoms with van der Waals surface area (Å²) >= 11 is 0. The van der Waals surface area contributed by atoms with Crippen LogP contribution in [0, 0.1) is 0 Å². The fourth-order valence-corrected chi connectivity index (χ4v) is 6.31. The van der Waals surface area contributed by atoms with Gasteiger partial charge in [-0.05, 0) is 84.2 Å². The van der Waals surface area contributed by atoms with E-state index < -0.39 is 66.0 Å². The standard InChI is InChI=1S/C44H28O/c1-3-12-29(13-4-1)31-22-24-32(25-23-31)42-34-16-7-9-18-36(34)43(37-19-10-8-17-35(37)42)38-20-11-21-41-44(38)39-28-33(26-27-40(39)45-41)30-14-5-2-6-15-30/h1-28H/i2D,5D,6D,11D,14D,15D,20D,21D,26D,27D,28D. The van der Waals surface area contributed by atoms with Crippen LogP contribution in [0.5, 0.6) is 0 Å². The number of fused-ring (bicyclic) bond motifs is 5. The van der Waals surface area contributed by atoms with Crippen molar-refractivity contribution in [3.8, 4) is 44.5 Å². The molecule has 0 amide bonds. The lowest BCUT2D eigenvalue weighted by Crippen LogP contribution is -1.91. The molecule has 1 heteroatoms. The highest BCUT2D eigenvalue weighted by molar-refractivity contribution is 6.25. The summed E-state index contributed by atoms with van der Waals surface area (Å²) in [5.74, 6) is 0. The molecule has 1 heterocycles. The zero-order valence-electron chi connectivity index (χ0n) is 34.7. The van der Waals surface area contributed by atoms with E-state index in [1.165, 1.54) is 0 Å². The Balaban J connectivity index is 1.43. The zero-order chi connectivity index (χ0) is 39.3. The van der Waals surface area contributed by atoms with Crippen molar-refractivity contribution < 1.29 is 19.5 Å². The molecule has 0 aliphatic heterocycles. The van der Waals surface area contributed by atoms with Gasteiger partial charge in [-0.15, -0.1) is 0 Å². The van der Waals surface area contributed by atoms with Crippen LogP contribution in [0.1, 0.15) is 15.1 Å². The van der Waals surface area contributed by atoms with Crippen LogP contribution in [0.25, 0.3) is 88.0 Å². The van der Waals surface area contributed by atoms with Gasteiger partial charge in [0, 0.05) is 10.8 Å². The number of furan rings is 1. The fourth-order valence-electron chi connectivity index (χ4n) is 6.31. The SMILES string of the molecule is [2H]c1c([2H])c([2H])c(-c2c([2H])c([2H])c3oc4c([2H])c([2H])c([2H])c(-c5c6ccccc6c(-c6ccc(-c7ccccc7)cc6)c6ccccc56)c4c3c2[2H])c([2H])c1[2H]. The van der Waals surface area contributed by atoms with Crippen LogP contribution in [0.4, 0.5) is 0 Å². The van der Waals surface area contributed by atoms with Crippen molar-refractivity contribution in [3.05, 3.63) is 170 Å². The van der Waals surface area contributed by atoms with Gasteiger partial charge in [0.05, 0.1) is 15.1 Å². The molecule has 0 aliphatic carbocycles. The third kappa shape index (κ3) is 4.17. The minimum Gasteiger partial charge on any atom is -0.456 e. The van der Waals surface area contributed by atoms with Crippen LogP contribution >= 0.6 is 0 Å². The highest BCUT2D eigenvalue weighted by atomic mass is 16.3. The van der Waals surface area contributed by atoms with Gasteiger partial charge in [-0.25, -0.2) is 0 Å². The Morgan fingerprint density at radius 1 is 0.378 bits per heavy atom. The first-order chi connectivity index (χ1) is 26.9. The third-order valence-electron chi connectivity index (χ3n) is 8.28. The molecule has 0 atom stereocenters. The molecule has 1 aromatic heterocycles. The van der Waals surface area contributed by atoms with Gasteiger partial charge in [0.1, 0.15) is 11.2 Å². The molecule has 0 bridgehead atoms. The Hall–Kier alpha value is -5.92. The predicted octanol–water partition coefficient (Wildman–Crippen LogP) is 12.6. The minimum absolute atomic E-state index is 0.0615. The van der Waals surface area contributed by atoms with Crippen LogP contribution in [0.3, 0.4) is 0 Å². The minimum atomic E-state index is -0.655. The molecule has 9 rings (SSSR count). The molecule has 0 N–H and O–H groups in total. The average Bonchev–Trinajstić information content (AvgIpc) is 3.63. The van der Waals surface area contributed by atoms with E-state index in [1.807, 2.05) is 66.7 Å². The van der Waals surface area contributed by atoms with Crippen LogP contribution in [-0.4, -0.2) is 0 Å². The molecule has 210 valence electrons. The van der Waals surface area contributed by atoms with E-state index in [4.69, 9.17) is 16.8 Å². The predicted molar refractivity (Wildman–Crippen MR) is 190 cm³/mol. The Kier molecular flexibility index (Phi) is 3.87. The molecule has 0 fully saturated rings. The van der Waals surface area contributed by atoms with Crippen molar-refractivity contribution in [2.75, 3.05) is 0 Å². The monoisotopic (exact) mass is 583 g/mol. The zero-order valence-corrected chi connectivity index (χ0v) is 23.7. The van der Waals surface area contributed by atoms with Gasteiger partial charge in [-0.3, -0.25) is 0 Å². The maximum Gasteiger partial charge on any atom is 0.136 e. The summed E-state index contributed by atoms with van der Waals surface area (Å²) in [6.45, 7) is 0. The van der Waals surface area contributed by atoms with Crippen molar-refractivity contribution in [2.45, 2.75) is 0 Å². The average molecular weight is 584 g/mol. The van der Waals surface area contributed by atoms with Gasteiger partial charge in [0.2, 0.25) is 0 Å². The van der Waals surface area contributed by atoms with E-state index in [9.17, 15) is 2.74 Å². The summed E-state index contributed by atoms with van der Waals surface area (Å²) in [7, 11) is 0. The molecule has 0 saturated carbocycles. The van der Waals surface area contributed by atoms with Crippen LogP contribution in [-0.2, 0) is 0 Å². The Labute approximate surface area is 277 Å². The maximum absolute atomic E-state index is 9.54. The Morgan fingerprint density at radius 3 is 1.67 bits per heavy atom. The molecule has 0 spiro atoms. The first-order valence-corrected chi connectivity index (χ1v) is 14.5. The summed E-state index contributed by atoms with van der Waals surface area (Å²) < 4.78 is 103. The van der Waals surface area contributed by atoms with E-state index >= 15 is 0 Å². The first kappa shape index (κ1) is 16.8. The molecule has 8 aromatic carbocycles. The lowest BCUT2D eigenvalue weighted by atomic mass is 9.84. The van der Waals surface area contributed by atoms with Crippen molar-refractivity contribution in [1.29, 1.82) is 0 Å². The largest absolute Gasteiger partial charge is 0.456 e. The molecule has 0 aliphatic rings. The van der Waals surface area contributed by atoms with E-state index in [0.29, 0.717) is 5.56 Å². The van der Waals surface area contributed by atoms with Gasteiger partial charge in [-0.1, -0.05) is 151 Å². The van der Waals surface area contributed by atoms with Crippen LogP contribution in [0.2, 0.25) is 0 Å². The van der Waals surface area contributed by atoms with Gasteiger partial charge < -0.3 is 4.42 Å². The lowest BCUT2D eigenvalue weighted by Gasteiger charge is -2.18. The van der Waals surface area contributed by atoms with Crippen molar-refractivity contribution in [1.82, 2.24) is 0 Å². The number of hydrogen-bond acceptors (Lipinski definition) is 1. The van der Waals surface area contributed by atoms with Crippen molar-refractivity contribution in [3.63, 3.8) is 0 Å². The van der Waals surface area contributed by atoms with Gasteiger partial charge in [0.15, 0.2) is 0 Å². The molecule has 0 saturated heterocycles. The quantitative estimate of drug-likeness (QED) is 0.188. The summed E-state index contributed by atoms with van der Waals surface area (Å²) in [4.78, 5) is 0. The second-order valence-electron chi connectivity index (χ2n) is 10.8. The number of benzene rings is 8. The maximum atomic E-state index is 9.54. The van der Waals surface area contributed by atoms with Crippen molar-refractivity contribution >= 4 is 43.5 Å². The number of hydrogen-bond donors (Lipinski definition) is 0. The first-order valence-electron chi connectivity index (χ1n) is 20.0. The normalized spacial score (nSPS) is 15.0. The van der Waals surface area contributed by atoms with Crippen molar-refractivity contribution in [2.24, 2.45) is 0 Å². The molecule has 9 aromatic rings. The third-order valence-corrected chi connectivity index (χ3v) is 8.28. The highest BCUT2D eigenvalue weighted by Crippen LogP contribution is 2.47. The Bertz CT molecular complexity index is 3050. The van der Waals surface area contributed by atoms with E-state index in [1.54, 1.807) is 0 Å². The lowest BCUT2D eigenvalue weighted by molar-refractivity contribution is 0.669. The smallest absolute Gasteiger partial charge is 0.136 e. The van der Waals surface area contributed by atoms with Crippen LogP contribution < -0.4 is 0 Å². The second kappa shape index (κ2) is 10.4.